The lowest BCUT2D eigenvalue weighted by Gasteiger charge is -2.31. The Morgan fingerprint density at radius 1 is 0.904 bits per heavy atom. The van der Waals surface area contributed by atoms with Crippen LogP contribution in [0.1, 0.15) is 112 Å². The standard InChI is InChI=1S/C34H49ClN6O4.C3H8O2.C2H6/c1-23-21-41(29-27(23)28(36)37-30(35)38-29)26-15-14-25(20-26)22-40(32(43)45-34(5,6)7)18-11-17-39(31(42)44-33(2,3)4)19-16-24-12-9-8-10-13-24;1-3(2,4)5;1-2/h8-10,12-13,21,25-26H,11,14-20,22H2,1-7H3,(H2,36,37,38);4-5H,1-2H3;1-2H3/t25-,26+;;/m1../s1. The number of rotatable bonds is 10. The molecule has 2 atom stereocenters. The number of benzene rings is 1. The zero-order valence-electron chi connectivity index (χ0n) is 33.2. The molecule has 1 fully saturated rings. The van der Waals surface area contributed by atoms with Gasteiger partial charge in [-0.15, -0.1) is 0 Å². The first-order valence-corrected chi connectivity index (χ1v) is 18.7. The summed E-state index contributed by atoms with van der Waals surface area (Å²) in [6, 6.07) is 10.3. The summed E-state index contributed by atoms with van der Waals surface area (Å²) in [5.41, 5.74) is 7.87. The van der Waals surface area contributed by atoms with Crippen LogP contribution in [-0.2, 0) is 15.9 Å². The van der Waals surface area contributed by atoms with Crippen LogP contribution in [0.5, 0.6) is 0 Å². The van der Waals surface area contributed by atoms with Gasteiger partial charge in [0.2, 0.25) is 5.28 Å². The number of aromatic nitrogens is 3. The zero-order valence-corrected chi connectivity index (χ0v) is 34.0. The molecular formula is C39H63ClN6O6. The lowest BCUT2D eigenvalue weighted by Crippen LogP contribution is -2.42. The maximum Gasteiger partial charge on any atom is 0.410 e. The molecule has 292 valence electrons. The molecule has 1 saturated carbocycles. The molecule has 0 aliphatic heterocycles. The van der Waals surface area contributed by atoms with E-state index in [0.717, 1.165) is 41.4 Å². The maximum absolute atomic E-state index is 13.4. The second-order valence-corrected chi connectivity index (χ2v) is 15.9. The lowest BCUT2D eigenvalue weighted by atomic mass is 10.1. The number of halogens is 1. The molecule has 0 radical (unpaired) electrons. The lowest BCUT2D eigenvalue weighted by molar-refractivity contribution is -0.127. The highest BCUT2D eigenvalue weighted by Gasteiger charge is 2.32. The second-order valence-electron chi connectivity index (χ2n) is 15.6. The van der Waals surface area contributed by atoms with Crippen LogP contribution in [-0.4, -0.2) is 89.9 Å². The second kappa shape index (κ2) is 19.5. The Morgan fingerprint density at radius 2 is 1.44 bits per heavy atom. The Hall–Kier alpha value is -3.61. The minimum atomic E-state index is -1.50. The molecule has 52 heavy (non-hydrogen) atoms. The number of nitrogen functional groups attached to an aromatic ring is 1. The van der Waals surface area contributed by atoms with Crippen molar-refractivity contribution in [1.29, 1.82) is 0 Å². The molecule has 0 saturated heterocycles. The fourth-order valence-electron chi connectivity index (χ4n) is 5.96. The van der Waals surface area contributed by atoms with Gasteiger partial charge < -0.3 is 39.8 Å². The molecule has 1 aliphatic rings. The van der Waals surface area contributed by atoms with E-state index in [1.807, 2.05) is 80.5 Å². The van der Waals surface area contributed by atoms with Gasteiger partial charge in [-0.25, -0.2) is 14.6 Å². The molecule has 3 aromatic rings. The highest BCUT2D eigenvalue weighted by Crippen LogP contribution is 2.39. The van der Waals surface area contributed by atoms with E-state index in [4.69, 9.17) is 37.0 Å². The first kappa shape index (κ1) is 44.6. The van der Waals surface area contributed by atoms with Crippen LogP contribution in [0.25, 0.3) is 11.0 Å². The van der Waals surface area contributed by atoms with E-state index < -0.39 is 17.0 Å². The molecule has 4 N–H and O–H groups in total. The number of nitrogens with two attached hydrogens (primary N) is 1. The number of carbonyl (C=O) groups is 2. The van der Waals surface area contributed by atoms with Crippen LogP contribution in [0.4, 0.5) is 15.4 Å². The van der Waals surface area contributed by atoms with Crippen LogP contribution >= 0.6 is 11.6 Å². The van der Waals surface area contributed by atoms with Gasteiger partial charge in [0.15, 0.2) is 5.79 Å². The van der Waals surface area contributed by atoms with Crippen molar-refractivity contribution in [2.24, 2.45) is 5.92 Å². The van der Waals surface area contributed by atoms with Crippen molar-refractivity contribution in [3.8, 4) is 0 Å². The number of ether oxygens (including phenoxy) is 2. The average molecular weight is 747 g/mol. The largest absolute Gasteiger partial charge is 0.444 e. The van der Waals surface area contributed by atoms with Gasteiger partial charge in [0.25, 0.3) is 0 Å². The van der Waals surface area contributed by atoms with Gasteiger partial charge >= 0.3 is 12.2 Å². The predicted molar refractivity (Wildman–Crippen MR) is 208 cm³/mol. The molecule has 2 amide bonds. The molecule has 1 aromatic carbocycles. The Bertz CT molecular complexity index is 1560. The molecule has 13 heteroatoms. The quantitative estimate of drug-likeness (QED) is 0.138. The Kier molecular flexibility index (Phi) is 16.7. The first-order valence-electron chi connectivity index (χ1n) is 18.3. The van der Waals surface area contributed by atoms with Gasteiger partial charge in [-0.1, -0.05) is 44.2 Å². The molecule has 0 unspecified atom stereocenters. The van der Waals surface area contributed by atoms with E-state index in [0.29, 0.717) is 44.8 Å². The van der Waals surface area contributed by atoms with Gasteiger partial charge in [-0.2, -0.15) is 4.98 Å². The molecular weight excluding hydrogens is 684 g/mol. The molecule has 12 nitrogen and oxygen atoms in total. The van der Waals surface area contributed by atoms with Crippen molar-refractivity contribution in [2.75, 3.05) is 31.9 Å². The van der Waals surface area contributed by atoms with E-state index in [2.05, 4.69) is 32.9 Å². The Balaban J connectivity index is 0.00000123. The van der Waals surface area contributed by atoms with Crippen molar-refractivity contribution in [1.82, 2.24) is 24.3 Å². The fourth-order valence-corrected chi connectivity index (χ4v) is 6.13. The number of amides is 2. The normalized spacial score (nSPS) is 16.0. The summed E-state index contributed by atoms with van der Waals surface area (Å²) in [6.45, 7) is 21.9. The Morgan fingerprint density at radius 3 is 2.00 bits per heavy atom. The minimum Gasteiger partial charge on any atom is -0.444 e. The summed E-state index contributed by atoms with van der Waals surface area (Å²) in [5.74, 6) is -0.842. The topological polar surface area (TPSA) is 156 Å². The minimum absolute atomic E-state index is 0.134. The van der Waals surface area contributed by atoms with Crippen molar-refractivity contribution in [3.05, 3.63) is 52.9 Å². The Labute approximate surface area is 315 Å². The summed E-state index contributed by atoms with van der Waals surface area (Å²) < 4.78 is 13.7. The number of hydrogen-bond donors (Lipinski definition) is 3. The summed E-state index contributed by atoms with van der Waals surface area (Å²) in [7, 11) is 0. The molecule has 1 aliphatic carbocycles. The number of aliphatic hydroxyl groups is 2. The third-order valence-corrected chi connectivity index (χ3v) is 8.09. The number of nitrogens with zero attached hydrogens (tertiary/aromatic N) is 5. The smallest absolute Gasteiger partial charge is 0.410 e. The maximum atomic E-state index is 13.4. The highest BCUT2D eigenvalue weighted by molar-refractivity contribution is 6.28. The van der Waals surface area contributed by atoms with Crippen molar-refractivity contribution in [2.45, 2.75) is 131 Å². The third-order valence-electron chi connectivity index (χ3n) is 7.92. The van der Waals surface area contributed by atoms with E-state index in [9.17, 15) is 9.59 Å². The summed E-state index contributed by atoms with van der Waals surface area (Å²) in [4.78, 5) is 38.7. The molecule has 2 heterocycles. The number of anilines is 1. The fraction of sp³-hybridized carbons (Fsp3) is 0.641. The molecule has 0 bridgehead atoms. The van der Waals surface area contributed by atoms with Gasteiger partial charge in [0, 0.05) is 38.4 Å². The summed E-state index contributed by atoms with van der Waals surface area (Å²) in [6.07, 6.45) is 5.49. The number of hydrogen-bond acceptors (Lipinski definition) is 9. The van der Waals surface area contributed by atoms with E-state index in [-0.39, 0.29) is 29.4 Å². The van der Waals surface area contributed by atoms with Crippen LogP contribution in [0.15, 0.2) is 36.5 Å². The molecule has 2 aromatic heterocycles. The van der Waals surface area contributed by atoms with Gasteiger partial charge in [0.1, 0.15) is 22.7 Å². The first-order chi connectivity index (χ1) is 24.1. The third kappa shape index (κ3) is 15.6. The summed E-state index contributed by atoms with van der Waals surface area (Å²) in [5, 5.41) is 17.1. The van der Waals surface area contributed by atoms with Gasteiger partial charge in [-0.05, 0) is 123 Å². The van der Waals surface area contributed by atoms with Gasteiger partial charge in [0.05, 0.1) is 5.39 Å². The van der Waals surface area contributed by atoms with Crippen LogP contribution in [0.3, 0.4) is 0 Å². The van der Waals surface area contributed by atoms with Crippen LogP contribution in [0, 0.1) is 12.8 Å². The number of fused-ring (bicyclic) bond motifs is 1. The number of aryl methyl sites for hydroxylation is 1. The highest BCUT2D eigenvalue weighted by atomic mass is 35.5. The SMILES string of the molecule is CC.CC(C)(O)O.Cc1cn([C@H]2CC[C@@H](CN(CCCN(CCc3ccccc3)C(=O)OC(C)(C)C)C(=O)OC(C)(C)C)C2)c2nc(Cl)nc(N)c12. The zero-order chi connectivity index (χ0) is 39.4. The van der Waals surface area contributed by atoms with Crippen molar-refractivity contribution >= 4 is 40.6 Å². The summed E-state index contributed by atoms with van der Waals surface area (Å²) >= 11 is 6.16. The monoisotopic (exact) mass is 746 g/mol. The van der Waals surface area contributed by atoms with Crippen molar-refractivity contribution in [3.63, 3.8) is 0 Å². The predicted octanol–water partition coefficient (Wildman–Crippen LogP) is 8.16. The van der Waals surface area contributed by atoms with Crippen molar-refractivity contribution < 1.29 is 29.3 Å². The molecule has 4 rings (SSSR count). The van der Waals surface area contributed by atoms with Gasteiger partial charge in [-0.3, -0.25) is 0 Å². The van der Waals surface area contributed by atoms with Crippen LogP contribution < -0.4 is 5.73 Å². The number of carbonyl (C=O) groups excluding carboxylic acids is 2. The van der Waals surface area contributed by atoms with E-state index >= 15 is 0 Å². The van der Waals surface area contributed by atoms with Crippen LogP contribution in [0.2, 0.25) is 5.28 Å². The average Bonchev–Trinajstić information content (AvgIpc) is 3.61. The van der Waals surface area contributed by atoms with E-state index in [1.165, 1.54) is 13.8 Å². The van der Waals surface area contributed by atoms with E-state index in [1.54, 1.807) is 9.80 Å². The molecule has 0 spiro atoms.